The average molecular weight is 273 g/mol. The summed E-state index contributed by atoms with van der Waals surface area (Å²) < 4.78 is 12.8. The molecule has 0 amide bonds. The Labute approximate surface area is 94.6 Å². The normalized spacial score (nSPS) is 10.5. The van der Waals surface area contributed by atoms with Gasteiger partial charge in [0.05, 0.1) is 24.3 Å². The number of benzene rings is 1. The highest BCUT2D eigenvalue weighted by Crippen LogP contribution is 2.42. The van der Waals surface area contributed by atoms with Crippen molar-refractivity contribution >= 4 is 37.4 Å². The summed E-state index contributed by atoms with van der Waals surface area (Å²) in [7, 11) is 3.33. The molecule has 4 heteroatoms. The molecule has 0 fully saturated rings. The summed E-state index contributed by atoms with van der Waals surface area (Å²) in [5.74, 6) is 1.71. The quantitative estimate of drug-likeness (QED) is 0.831. The van der Waals surface area contributed by atoms with Crippen LogP contribution in [0.1, 0.15) is 0 Å². The molecular formula is C10H9BrO2S. The second kappa shape index (κ2) is 3.79. The van der Waals surface area contributed by atoms with Gasteiger partial charge in [0.1, 0.15) is 11.5 Å². The van der Waals surface area contributed by atoms with Gasteiger partial charge in [-0.3, -0.25) is 0 Å². The number of hydrogen-bond acceptors (Lipinski definition) is 3. The van der Waals surface area contributed by atoms with Crippen LogP contribution in [-0.2, 0) is 0 Å². The van der Waals surface area contributed by atoms with Gasteiger partial charge in [-0.15, -0.1) is 11.3 Å². The first-order valence-corrected chi connectivity index (χ1v) is 5.73. The molecule has 2 aromatic rings. The van der Waals surface area contributed by atoms with Gasteiger partial charge in [-0.1, -0.05) is 0 Å². The fourth-order valence-corrected chi connectivity index (χ4v) is 2.93. The van der Waals surface area contributed by atoms with Crippen LogP contribution in [-0.4, -0.2) is 14.2 Å². The van der Waals surface area contributed by atoms with Gasteiger partial charge in [0.25, 0.3) is 0 Å². The summed E-state index contributed by atoms with van der Waals surface area (Å²) >= 11 is 5.14. The molecule has 1 heterocycles. The predicted octanol–water partition coefficient (Wildman–Crippen LogP) is 3.68. The van der Waals surface area contributed by atoms with Crippen molar-refractivity contribution in [2.45, 2.75) is 0 Å². The van der Waals surface area contributed by atoms with Crippen molar-refractivity contribution in [3.05, 3.63) is 22.0 Å². The number of halogens is 1. The SMILES string of the molecule is COc1ccc(Br)c2scc(OC)c12. The largest absolute Gasteiger partial charge is 0.496 e. The van der Waals surface area contributed by atoms with Gasteiger partial charge in [-0.2, -0.15) is 0 Å². The lowest BCUT2D eigenvalue weighted by atomic mass is 10.2. The van der Waals surface area contributed by atoms with Gasteiger partial charge in [0, 0.05) is 9.85 Å². The number of methoxy groups -OCH3 is 2. The molecule has 0 saturated heterocycles. The highest BCUT2D eigenvalue weighted by molar-refractivity contribution is 9.10. The van der Waals surface area contributed by atoms with E-state index in [0.717, 1.165) is 26.1 Å². The molecule has 0 aliphatic rings. The third-order valence-electron chi connectivity index (χ3n) is 2.04. The summed E-state index contributed by atoms with van der Waals surface area (Å²) in [6.45, 7) is 0. The topological polar surface area (TPSA) is 18.5 Å². The van der Waals surface area contributed by atoms with Crippen molar-refractivity contribution in [1.82, 2.24) is 0 Å². The molecule has 0 unspecified atom stereocenters. The minimum atomic E-state index is 0.848. The van der Waals surface area contributed by atoms with Crippen LogP contribution in [0.5, 0.6) is 11.5 Å². The van der Waals surface area contributed by atoms with E-state index in [1.165, 1.54) is 0 Å². The first kappa shape index (κ1) is 9.80. The van der Waals surface area contributed by atoms with Crippen LogP contribution < -0.4 is 9.47 Å². The van der Waals surface area contributed by atoms with Crippen molar-refractivity contribution in [3.63, 3.8) is 0 Å². The van der Waals surface area contributed by atoms with Crippen LogP contribution in [0.3, 0.4) is 0 Å². The van der Waals surface area contributed by atoms with Gasteiger partial charge in [-0.25, -0.2) is 0 Å². The zero-order valence-electron chi connectivity index (χ0n) is 7.83. The summed E-state index contributed by atoms with van der Waals surface area (Å²) in [5.41, 5.74) is 0. The van der Waals surface area contributed by atoms with Gasteiger partial charge >= 0.3 is 0 Å². The second-order valence-electron chi connectivity index (χ2n) is 2.76. The molecule has 1 aromatic heterocycles. The number of hydrogen-bond donors (Lipinski definition) is 0. The summed E-state index contributed by atoms with van der Waals surface area (Å²) in [5, 5.41) is 3.02. The maximum absolute atomic E-state index is 5.29. The molecule has 0 aliphatic heterocycles. The number of thiophene rings is 1. The lowest BCUT2D eigenvalue weighted by molar-refractivity contribution is 0.406. The zero-order valence-corrected chi connectivity index (χ0v) is 10.2. The van der Waals surface area contributed by atoms with Crippen LogP contribution >= 0.6 is 27.3 Å². The Morgan fingerprint density at radius 2 is 1.86 bits per heavy atom. The molecule has 1 aromatic carbocycles. The zero-order chi connectivity index (χ0) is 10.1. The van der Waals surface area contributed by atoms with Crippen molar-refractivity contribution in [3.8, 4) is 11.5 Å². The molecule has 0 bridgehead atoms. The van der Waals surface area contributed by atoms with Crippen molar-refractivity contribution < 1.29 is 9.47 Å². The number of rotatable bonds is 2. The first-order valence-electron chi connectivity index (χ1n) is 4.05. The van der Waals surface area contributed by atoms with Crippen molar-refractivity contribution in [2.24, 2.45) is 0 Å². The molecule has 0 saturated carbocycles. The van der Waals surface area contributed by atoms with Gasteiger partial charge in [-0.05, 0) is 28.1 Å². The van der Waals surface area contributed by atoms with Crippen LogP contribution in [0.4, 0.5) is 0 Å². The maximum atomic E-state index is 5.29. The molecule has 2 nitrogen and oxygen atoms in total. The van der Waals surface area contributed by atoms with E-state index < -0.39 is 0 Å². The molecule has 0 N–H and O–H groups in total. The molecule has 74 valence electrons. The average Bonchev–Trinajstić information content (AvgIpc) is 2.63. The minimum absolute atomic E-state index is 0.848. The third-order valence-corrected chi connectivity index (χ3v) is 3.96. The third kappa shape index (κ3) is 1.38. The molecule has 14 heavy (non-hydrogen) atoms. The maximum Gasteiger partial charge on any atom is 0.141 e. The highest BCUT2D eigenvalue weighted by atomic mass is 79.9. The van der Waals surface area contributed by atoms with E-state index >= 15 is 0 Å². The molecular weight excluding hydrogens is 264 g/mol. The minimum Gasteiger partial charge on any atom is -0.496 e. The van der Waals surface area contributed by atoms with E-state index in [4.69, 9.17) is 9.47 Å². The Balaban J connectivity index is 2.82. The monoisotopic (exact) mass is 272 g/mol. The van der Waals surface area contributed by atoms with E-state index in [1.54, 1.807) is 25.6 Å². The van der Waals surface area contributed by atoms with Gasteiger partial charge < -0.3 is 9.47 Å². The Hall–Kier alpha value is -0.740. The second-order valence-corrected chi connectivity index (χ2v) is 4.49. The van der Waals surface area contributed by atoms with Crippen LogP contribution in [0.15, 0.2) is 22.0 Å². The van der Waals surface area contributed by atoms with Crippen molar-refractivity contribution in [2.75, 3.05) is 14.2 Å². The predicted molar refractivity (Wildman–Crippen MR) is 62.6 cm³/mol. The van der Waals surface area contributed by atoms with E-state index in [1.807, 2.05) is 17.5 Å². The Kier molecular flexibility index (Phi) is 2.65. The van der Waals surface area contributed by atoms with E-state index in [9.17, 15) is 0 Å². The fraction of sp³-hybridized carbons (Fsp3) is 0.200. The van der Waals surface area contributed by atoms with Gasteiger partial charge in [0.15, 0.2) is 0 Å². The standard InChI is InChI=1S/C10H9BrO2S/c1-12-7-4-3-6(11)10-9(7)8(13-2)5-14-10/h3-5H,1-2H3. The van der Waals surface area contributed by atoms with Crippen LogP contribution in [0.2, 0.25) is 0 Å². The molecule has 0 atom stereocenters. The smallest absolute Gasteiger partial charge is 0.141 e. The molecule has 0 aliphatic carbocycles. The number of ether oxygens (including phenoxy) is 2. The summed E-state index contributed by atoms with van der Waals surface area (Å²) in [4.78, 5) is 0. The van der Waals surface area contributed by atoms with E-state index in [0.29, 0.717) is 0 Å². The number of fused-ring (bicyclic) bond motifs is 1. The Morgan fingerprint density at radius 3 is 2.50 bits per heavy atom. The summed E-state index contributed by atoms with van der Waals surface area (Å²) in [6, 6.07) is 3.92. The molecule has 2 rings (SSSR count). The first-order chi connectivity index (χ1) is 6.77. The Morgan fingerprint density at radius 1 is 1.14 bits per heavy atom. The van der Waals surface area contributed by atoms with E-state index in [2.05, 4.69) is 15.9 Å². The van der Waals surface area contributed by atoms with Gasteiger partial charge in [0.2, 0.25) is 0 Å². The molecule has 0 radical (unpaired) electrons. The molecule has 0 spiro atoms. The fourth-order valence-electron chi connectivity index (χ4n) is 1.38. The lowest BCUT2D eigenvalue weighted by Crippen LogP contribution is -1.86. The van der Waals surface area contributed by atoms with Crippen molar-refractivity contribution in [1.29, 1.82) is 0 Å². The van der Waals surface area contributed by atoms with E-state index in [-0.39, 0.29) is 0 Å². The van der Waals surface area contributed by atoms with Crippen LogP contribution in [0.25, 0.3) is 10.1 Å². The Bertz CT molecular complexity index is 464. The van der Waals surface area contributed by atoms with Crippen LogP contribution in [0, 0.1) is 0 Å². The summed E-state index contributed by atoms with van der Waals surface area (Å²) in [6.07, 6.45) is 0. The lowest BCUT2D eigenvalue weighted by Gasteiger charge is -2.04. The highest BCUT2D eigenvalue weighted by Gasteiger charge is 2.12.